The minimum Gasteiger partial charge on any atom is -0.497 e. The third kappa shape index (κ3) is 5.35. The molecule has 0 unspecified atom stereocenters. The first-order chi connectivity index (χ1) is 9.90. The summed E-state index contributed by atoms with van der Waals surface area (Å²) in [5, 5.41) is 0. The van der Waals surface area contributed by atoms with E-state index in [-0.39, 0.29) is 17.3 Å². The van der Waals surface area contributed by atoms with Gasteiger partial charge in [-0.1, -0.05) is 13.3 Å². The number of nitrogens with zero attached hydrogens (tertiary/aromatic N) is 1. The lowest BCUT2D eigenvalue weighted by Gasteiger charge is -2.17. The van der Waals surface area contributed by atoms with Crippen molar-refractivity contribution in [2.75, 3.05) is 27.2 Å². The molecule has 0 aliphatic carbocycles. The number of methoxy groups -OCH3 is 1. The van der Waals surface area contributed by atoms with Gasteiger partial charge in [0.25, 0.3) is 0 Å². The molecule has 6 nitrogen and oxygen atoms in total. The minimum atomic E-state index is -3.69. The number of unbranched alkanes of at least 4 members (excludes halogenated alkanes) is 1. The Hall–Kier alpha value is -1.60. The van der Waals surface area contributed by atoms with Crippen LogP contribution in [0.2, 0.25) is 0 Å². The second-order valence-corrected chi connectivity index (χ2v) is 6.44. The maximum Gasteiger partial charge on any atom is 0.241 e. The Morgan fingerprint density at radius 3 is 2.43 bits per heavy atom. The maximum absolute atomic E-state index is 12.1. The van der Waals surface area contributed by atoms with E-state index in [1.54, 1.807) is 19.2 Å². The monoisotopic (exact) mass is 314 g/mol. The van der Waals surface area contributed by atoms with E-state index in [0.717, 1.165) is 12.8 Å². The fourth-order valence-corrected chi connectivity index (χ4v) is 2.62. The topological polar surface area (TPSA) is 75.7 Å². The van der Waals surface area contributed by atoms with Gasteiger partial charge in [-0.3, -0.25) is 4.79 Å². The van der Waals surface area contributed by atoms with Gasteiger partial charge in [-0.15, -0.1) is 0 Å². The van der Waals surface area contributed by atoms with Gasteiger partial charge in [0.05, 0.1) is 18.6 Å². The summed E-state index contributed by atoms with van der Waals surface area (Å²) in [6, 6.07) is 5.99. The second kappa shape index (κ2) is 7.99. The largest absolute Gasteiger partial charge is 0.497 e. The van der Waals surface area contributed by atoms with E-state index in [1.807, 2.05) is 6.92 Å². The molecule has 0 bridgehead atoms. The summed E-state index contributed by atoms with van der Waals surface area (Å²) in [6.45, 7) is 2.42. The average molecular weight is 314 g/mol. The van der Waals surface area contributed by atoms with Crippen molar-refractivity contribution in [3.8, 4) is 5.75 Å². The van der Waals surface area contributed by atoms with E-state index in [0.29, 0.717) is 12.3 Å². The van der Waals surface area contributed by atoms with Gasteiger partial charge in [-0.25, -0.2) is 13.1 Å². The van der Waals surface area contributed by atoms with Crippen LogP contribution < -0.4 is 9.46 Å². The van der Waals surface area contributed by atoms with E-state index in [4.69, 9.17) is 4.74 Å². The van der Waals surface area contributed by atoms with Crippen molar-refractivity contribution in [2.45, 2.75) is 24.7 Å². The number of amides is 1. The van der Waals surface area contributed by atoms with Crippen LogP contribution in [0.25, 0.3) is 0 Å². The Balaban J connectivity index is 2.61. The van der Waals surface area contributed by atoms with Gasteiger partial charge in [-0.2, -0.15) is 0 Å². The zero-order chi connectivity index (χ0) is 15.9. The third-order valence-electron chi connectivity index (χ3n) is 3.06. The summed E-state index contributed by atoms with van der Waals surface area (Å²) in [7, 11) is -0.515. The molecular formula is C14H22N2O4S. The van der Waals surface area contributed by atoms with Crippen molar-refractivity contribution in [1.29, 1.82) is 0 Å². The number of carbonyl (C=O) groups excluding carboxylic acids is 1. The highest BCUT2D eigenvalue weighted by Crippen LogP contribution is 2.15. The molecule has 0 saturated heterocycles. The molecule has 118 valence electrons. The molecule has 21 heavy (non-hydrogen) atoms. The number of nitrogens with one attached hydrogen (secondary N) is 1. The van der Waals surface area contributed by atoms with Crippen LogP contribution in [-0.4, -0.2) is 46.5 Å². The highest BCUT2D eigenvalue weighted by atomic mass is 32.2. The summed E-state index contributed by atoms with van der Waals surface area (Å²) in [5.74, 6) is 0.324. The smallest absolute Gasteiger partial charge is 0.241 e. The quantitative estimate of drug-likeness (QED) is 0.783. The standard InChI is InChI=1S/C14H22N2O4S/c1-4-5-10-16(2)14(17)11-15-21(18,19)13-8-6-12(20-3)7-9-13/h6-9,15H,4-5,10-11H2,1-3H3. The van der Waals surface area contributed by atoms with Crippen LogP contribution in [-0.2, 0) is 14.8 Å². The van der Waals surface area contributed by atoms with Gasteiger partial charge in [0.1, 0.15) is 5.75 Å². The Labute approximate surface area is 126 Å². The van der Waals surface area contributed by atoms with Gasteiger partial charge in [0.15, 0.2) is 0 Å². The van der Waals surface area contributed by atoms with Crippen LogP contribution >= 0.6 is 0 Å². The molecule has 0 fully saturated rings. The van der Waals surface area contributed by atoms with Crippen molar-refractivity contribution < 1.29 is 17.9 Å². The third-order valence-corrected chi connectivity index (χ3v) is 4.47. The molecule has 0 spiro atoms. The van der Waals surface area contributed by atoms with Crippen LogP contribution in [0, 0.1) is 0 Å². The molecule has 1 aromatic carbocycles. The van der Waals surface area contributed by atoms with Gasteiger partial charge < -0.3 is 9.64 Å². The molecule has 0 aliphatic heterocycles. The predicted molar refractivity (Wildman–Crippen MR) is 80.7 cm³/mol. The Morgan fingerprint density at radius 2 is 1.90 bits per heavy atom. The lowest BCUT2D eigenvalue weighted by atomic mass is 10.3. The second-order valence-electron chi connectivity index (χ2n) is 4.67. The molecule has 0 atom stereocenters. The van der Waals surface area contributed by atoms with E-state index >= 15 is 0 Å². The van der Waals surface area contributed by atoms with Crippen LogP contribution in [0.3, 0.4) is 0 Å². The lowest BCUT2D eigenvalue weighted by molar-refractivity contribution is -0.128. The van der Waals surface area contributed by atoms with E-state index in [9.17, 15) is 13.2 Å². The molecule has 0 radical (unpaired) electrons. The van der Waals surface area contributed by atoms with Crippen LogP contribution in [0.5, 0.6) is 5.75 Å². The van der Waals surface area contributed by atoms with Gasteiger partial charge in [0, 0.05) is 13.6 Å². The highest BCUT2D eigenvalue weighted by molar-refractivity contribution is 7.89. The van der Waals surface area contributed by atoms with Crippen LogP contribution in [0.4, 0.5) is 0 Å². The summed E-state index contributed by atoms with van der Waals surface area (Å²) in [5.41, 5.74) is 0. The predicted octanol–water partition coefficient (Wildman–Crippen LogP) is 1.23. The fourth-order valence-electron chi connectivity index (χ4n) is 1.65. The fraction of sp³-hybridized carbons (Fsp3) is 0.500. The molecule has 0 heterocycles. The maximum atomic E-state index is 12.1. The Kier molecular flexibility index (Phi) is 6.64. The molecule has 1 amide bonds. The van der Waals surface area contributed by atoms with Crippen LogP contribution in [0.1, 0.15) is 19.8 Å². The molecule has 1 rings (SSSR count). The van der Waals surface area contributed by atoms with Crippen molar-refractivity contribution in [1.82, 2.24) is 9.62 Å². The molecule has 7 heteroatoms. The highest BCUT2D eigenvalue weighted by Gasteiger charge is 2.17. The number of hydrogen-bond donors (Lipinski definition) is 1. The first-order valence-electron chi connectivity index (χ1n) is 6.78. The number of carbonyl (C=O) groups is 1. The lowest BCUT2D eigenvalue weighted by Crippen LogP contribution is -2.38. The Morgan fingerprint density at radius 1 is 1.29 bits per heavy atom. The number of likely N-dealkylation sites (N-methyl/N-ethyl adjacent to an activating group) is 1. The number of sulfonamides is 1. The van der Waals surface area contributed by atoms with Crippen molar-refractivity contribution in [2.24, 2.45) is 0 Å². The normalized spacial score (nSPS) is 11.2. The summed E-state index contributed by atoms with van der Waals surface area (Å²) in [4.78, 5) is 13.4. The number of ether oxygens (including phenoxy) is 1. The first-order valence-corrected chi connectivity index (χ1v) is 8.26. The molecule has 0 saturated carbocycles. The first kappa shape index (κ1) is 17.5. The molecule has 0 aromatic heterocycles. The number of hydrogen-bond acceptors (Lipinski definition) is 4. The van der Waals surface area contributed by atoms with Crippen molar-refractivity contribution >= 4 is 15.9 Å². The van der Waals surface area contributed by atoms with Crippen LogP contribution in [0.15, 0.2) is 29.2 Å². The van der Waals surface area contributed by atoms with E-state index < -0.39 is 10.0 Å². The van der Waals surface area contributed by atoms with E-state index in [2.05, 4.69) is 4.72 Å². The zero-order valence-corrected chi connectivity index (χ0v) is 13.4. The molecule has 1 N–H and O–H groups in total. The molecule has 0 aliphatic rings. The molecule has 1 aromatic rings. The van der Waals surface area contributed by atoms with Gasteiger partial charge >= 0.3 is 0 Å². The zero-order valence-electron chi connectivity index (χ0n) is 12.6. The summed E-state index contributed by atoms with van der Waals surface area (Å²) in [6.07, 6.45) is 1.88. The average Bonchev–Trinajstić information content (AvgIpc) is 2.50. The van der Waals surface area contributed by atoms with Crippen molar-refractivity contribution in [3.63, 3.8) is 0 Å². The minimum absolute atomic E-state index is 0.104. The summed E-state index contributed by atoms with van der Waals surface area (Å²) >= 11 is 0. The SMILES string of the molecule is CCCCN(C)C(=O)CNS(=O)(=O)c1ccc(OC)cc1. The van der Waals surface area contributed by atoms with E-state index in [1.165, 1.54) is 24.1 Å². The summed E-state index contributed by atoms with van der Waals surface area (Å²) < 4.78 is 31.4. The number of benzene rings is 1. The Bertz CT molecular complexity index is 555. The van der Waals surface area contributed by atoms with Crippen molar-refractivity contribution in [3.05, 3.63) is 24.3 Å². The number of rotatable bonds is 8. The van der Waals surface area contributed by atoms with Gasteiger partial charge in [0.2, 0.25) is 15.9 Å². The molecular weight excluding hydrogens is 292 g/mol. The van der Waals surface area contributed by atoms with Gasteiger partial charge in [-0.05, 0) is 30.7 Å².